The Bertz CT molecular complexity index is 1210. The van der Waals surface area contributed by atoms with E-state index in [-0.39, 0.29) is 17.2 Å². The first-order chi connectivity index (χ1) is 16.4. The number of ether oxygens (including phenoxy) is 1. The zero-order valence-electron chi connectivity index (χ0n) is 19.6. The summed E-state index contributed by atoms with van der Waals surface area (Å²) in [4.78, 5) is 38.9. The molecule has 4 bridgehead atoms. The van der Waals surface area contributed by atoms with Crippen molar-refractivity contribution in [2.75, 3.05) is 0 Å². The van der Waals surface area contributed by atoms with Gasteiger partial charge >= 0.3 is 12.1 Å². The number of alkyl halides is 3. The van der Waals surface area contributed by atoms with Crippen LogP contribution in [-0.2, 0) is 15.7 Å². The highest BCUT2D eigenvalue weighted by molar-refractivity contribution is 5.93. The van der Waals surface area contributed by atoms with Crippen LogP contribution in [0.3, 0.4) is 0 Å². The summed E-state index contributed by atoms with van der Waals surface area (Å²) in [5, 5.41) is 4.02. The third kappa shape index (κ3) is 4.29. The van der Waals surface area contributed by atoms with E-state index in [0.717, 1.165) is 42.1 Å². The zero-order chi connectivity index (χ0) is 25.1. The number of nitrogens with zero attached hydrogens (tertiary/aromatic N) is 2. The van der Waals surface area contributed by atoms with E-state index in [2.05, 4.69) is 5.10 Å². The molecule has 1 heterocycles. The van der Waals surface area contributed by atoms with Crippen LogP contribution in [0.15, 0.2) is 35.1 Å². The number of Topliss-reactive ketones (excluding diaryl/α,β-unsaturated/α-hetero) is 1. The molecular weight excluding hydrogens is 461 g/mol. The maximum atomic E-state index is 13.4. The number of aromatic nitrogens is 2. The van der Waals surface area contributed by atoms with E-state index in [4.69, 9.17) is 4.74 Å². The van der Waals surface area contributed by atoms with Crippen molar-refractivity contribution in [1.29, 1.82) is 0 Å². The average molecular weight is 489 g/mol. The summed E-state index contributed by atoms with van der Waals surface area (Å²) >= 11 is 0. The maximum Gasteiger partial charge on any atom is 0.416 e. The number of esters is 1. The van der Waals surface area contributed by atoms with Crippen molar-refractivity contribution in [3.05, 3.63) is 57.5 Å². The molecule has 4 aliphatic rings. The summed E-state index contributed by atoms with van der Waals surface area (Å²) in [6, 6.07) is 5.55. The van der Waals surface area contributed by atoms with Crippen molar-refractivity contribution in [2.24, 2.45) is 23.2 Å². The number of carbonyl (C=O) groups excluding carboxylic acids is 2. The molecule has 1 unspecified atom stereocenters. The van der Waals surface area contributed by atoms with Gasteiger partial charge in [0.1, 0.15) is 0 Å². The summed E-state index contributed by atoms with van der Waals surface area (Å²) < 4.78 is 46.0. The van der Waals surface area contributed by atoms with E-state index in [1.54, 1.807) is 0 Å². The molecule has 9 heteroatoms. The van der Waals surface area contributed by atoms with Crippen LogP contribution in [0.4, 0.5) is 13.2 Å². The average Bonchev–Trinajstić information content (AvgIpc) is 2.77. The normalized spacial score (nSPS) is 28.1. The first-order valence-corrected chi connectivity index (χ1v) is 12.0. The highest BCUT2D eigenvalue weighted by atomic mass is 19.4. The minimum atomic E-state index is -4.56. The van der Waals surface area contributed by atoms with Gasteiger partial charge in [-0.3, -0.25) is 9.59 Å². The van der Waals surface area contributed by atoms with E-state index in [9.17, 15) is 27.6 Å². The Labute approximate surface area is 200 Å². The third-order valence-electron chi connectivity index (χ3n) is 7.93. The topological polar surface area (TPSA) is 78.3 Å². The Hall–Kier alpha value is -2.97. The third-order valence-corrected chi connectivity index (χ3v) is 7.93. The minimum Gasteiger partial charge on any atom is -0.450 e. The molecule has 0 amide bonds. The lowest BCUT2D eigenvalue weighted by atomic mass is 9.48. The molecule has 0 saturated heterocycles. The molecule has 1 aromatic carbocycles. The van der Waals surface area contributed by atoms with Gasteiger partial charge in [0, 0.05) is 17.2 Å². The van der Waals surface area contributed by atoms with E-state index >= 15 is 0 Å². The zero-order valence-corrected chi connectivity index (χ0v) is 19.6. The van der Waals surface area contributed by atoms with Crippen molar-refractivity contribution in [1.82, 2.24) is 9.78 Å². The second-order valence-corrected chi connectivity index (χ2v) is 10.6. The van der Waals surface area contributed by atoms with Gasteiger partial charge < -0.3 is 4.74 Å². The Morgan fingerprint density at radius 3 is 2.26 bits per heavy atom. The highest BCUT2D eigenvalue weighted by Gasteiger charge is 2.55. The Balaban J connectivity index is 1.38. The lowest BCUT2D eigenvalue weighted by Gasteiger charge is -2.56. The van der Waals surface area contributed by atoms with Crippen molar-refractivity contribution < 1.29 is 27.5 Å². The van der Waals surface area contributed by atoms with Crippen molar-refractivity contribution in [3.8, 4) is 5.69 Å². The monoisotopic (exact) mass is 488 g/mol. The molecule has 186 valence electrons. The Morgan fingerprint density at radius 2 is 1.69 bits per heavy atom. The fraction of sp³-hybridized carbons (Fsp3) is 0.538. The molecule has 0 aliphatic heterocycles. The minimum absolute atomic E-state index is 0.0454. The molecule has 4 saturated carbocycles. The SMILES string of the molecule is Cc1cc(=O)c(C(=O)OC(C)C(=O)C23CC4CC(CC(C4)C2)C3)nn1-c1cccc(C(F)(F)F)c1. The molecule has 35 heavy (non-hydrogen) atoms. The number of hydrogen-bond donors (Lipinski definition) is 0. The van der Waals surface area contributed by atoms with E-state index < -0.39 is 40.4 Å². The predicted molar refractivity (Wildman–Crippen MR) is 120 cm³/mol. The van der Waals surface area contributed by atoms with E-state index in [1.165, 1.54) is 45.2 Å². The second kappa shape index (κ2) is 8.31. The fourth-order valence-electron chi connectivity index (χ4n) is 6.88. The van der Waals surface area contributed by atoms with Crippen LogP contribution in [0.25, 0.3) is 5.69 Å². The number of aryl methyl sites for hydroxylation is 1. The van der Waals surface area contributed by atoms with E-state index in [0.29, 0.717) is 17.8 Å². The van der Waals surface area contributed by atoms with Gasteiger partial charge in [-0.25, -0.2) is 9.48 Å². The first kappa shape index (κ1) is 23.8. The second-order valence-electron chi connectivity index (χ2n) is 10.6. The summed E-state index contributed by atoms with van der Waals surface area (Å²) in [6.07, 6.45) is 0.385. The molecule has 0 N–H and O–H groups in total. The summed E-state index contributed by atoms with van der Waals surface area (Å²) in [5.41, 5.74) is -2.34. The molecular formula is C26H27F3N2O4. The molecule has 4 aliphatic carbocycles. The molecule has 1 aromatic heterocycles. The Morgan fingerprint density at radius 1 is 1.09 bits per heavy atom. The lowest BCUT2D eigenvalue weighted by Crippen LogP contribution is -2.52. The van der Waals surface area contributed by atoms with E-state index in [1.807, 2.05) is 0 Å². The molecule has 0 radical (unpaired) electrons. The molecule has 1 atom stereocenters. The smallest absolute Gasteiger partial charge is 0.416 e. The van der Waals surface area contributed by atoms with Gasteiger partial charge in [-0.05, 0) is 88.3 Å². The molecule has 0 spiro atoms. The van der Waals surface area contributed by atoms with Crippen LogP contribution in [0.5, 0.6) is 0 Å². The van der Waals surface area contributed by atoms with Gasteiger partial charge in [0.15, 0.2) is 11.9 Å². The van der Waals surface area contributed by atoms with Gasteiger partial charge in [-0.1, -0.05) is 6.07 Å². The number of halogens is 3. The predicted octanol–water partition coefficient (Wildman–Crippen LogP) is 4.89. The number of hydrogen-bond acceptors (Lipinski definition) is 5. The maximum absolute atomic E-state index is 13.4. The van der Waals surface area contributed by atoms with Crippen molar-refractivity contribution in [2.45, 2.75) is 64.7 Å². The number of benzene rings is 1. The van der Waals surface area contributed by atoms with Gasteiger partial charge in [0.05, 0.1) is 11.3 Å². The van der Waals surface area contributed by atoms with Crippen LogP contribution >= 0.6 is 0 Å². The van der Waals surface area contributed by atoms with Crippen molar-refractivity contribution >= 4 is 11.8 Å². The number of rotatable bonds is 5. The fourth-order valence-corrected chi connectivity index (χ4v) is 6.88. The number of ketones is 1. The number of carbonyl (C=O) groups is 2. The standard InChI is InChI=1S/C26H27F3N2O4/c1-14-6-21(32)22(30-31(14)20-5-3-4-19(10-20)26(27,28)29)24(34)35-15(2)23(33)25-11-16-7-17(12-25)9-18(8-16)13-25/h3-6,10,15-18H,7-9,11-13H2,1-2H3. The molecule has 4 fully saturated rings. The molecule has 6 rings (SSSR count). The molecule has 2 aromatic rings. The first-order valence-electron chi connectivity index (χ1n) is 12.0. The van der Waals surface area contributed by atoms with Gasteiger partial charge in [-0.15, -0.1) is 0 Å². The highest BCUT2D eigenvalue weighted by Crippen LogP contribution is 2.60. The van der Waals surface area contributed by atoms with Gasteiger partial charge in [0.2, 0.25) is 11.1 Å². The largest absolute Gasteiger partial charge is 0.450 e. The van der Waals surface area contributed by atoms with Gasteiger partial charge in [0.25, 0.3) is 0 Å². The Kier molecular flexibility index (Phi) is 5.64. The van der Waals surface area contributed by atoms with Crippen LogP contribution in [0.1, 0.15) is 67.2 Å². The van der Waals surface area contributed by atoms with Crippen LogP contribution in [-0.4, -0.2) is 27.6 Å². The summed E-state index contributed by atoms with van der Waals surface area (Å²) in [6.45, 7) is 3.03. The lowest BCUT2D eigenvalue weighted by molar-refractivity contribution is -0.152. The molecule has 6 nitrogen and oxygen atoms in total. The van der Waals surface area contributed by atoms with Crippen LogP contribution in [0, 0.1) is 30.1 Å². The van der Waals surface area contributed by atoms with Crippen LogP contribution < -0.4 is 5.43 Å². The van der Waals surface area contributed by atoms with Crippen LogP contribution in [0.2, 0.25) is 0 Å². The van der Waals surface area contributed by atoms with Crippen molar-refractivity contribution in [3.63, 3.8) is 0 Å². The van der Waals surface area contributed by atoms with Gasteiger partial charge in [-0.2, -0.15) is 18.3 Å². The quantitative estimate of drug-likeness (QED) is 0.560. The summed E-state index contributed by atoms with van der Waals surface area (Å²) in [7, 11) is 0. The summed E-state index contributed by atoms with van der Waals surface area (Å²) in [5.74, 6) is 0.487.